The van der Waals surface area contributed by atoms with Gasteiger partial charge in [0, 0.05) is 61.4 Å². The number of carbonyl (C=O) groups excluding carboxylic acids is 1. The standard InChI is InChI=1S/C22H23ClN2O3/c23-16-5-6-19-17(13-16)20-18(4-2-12-27-20)22(28-19)7-10-25(11-8-22)21(26)15-3-1-9-24-14-15/h1,3,5-6,9,13-14,18,20H,2,4,7-8,10-12H2/t18-,20+/m0/s1. The molecule has 5 nitrogen and oxygen atoms in total. The lowest BCUT2D eigenvalue weighted by molar-refractivity contribution is -0.147. The maximum atomic E-state index is 12.8. The highest BCUT2D eigenvalue weighted by atomic mass is 35.5. The number of hydrogen-bond acceptors (Lipinski definition) is 4. The first kappa shape index (κ1) is 18.0. The Morgan fingerprint density at radius 2 is 2.11 bits per heavy atom. The van der Waals surface area contributed by atoms with E-state index in [-0.39, 0.29) is 17.6 Å². The van der Waals surface area contributed by atoms with E-state index in [1.807, 2.05) is 29.2 Å². The highest BCUT2D eigenvalue weighted by Crippen LogP contribution is 2.53. The number of aromatic nitrogens is 1. The molecule has 5 rings (SSSR count). The summed E-state index contributed by atoms with van der Waals surface area (Å²) >= 11 is 6.24. The Labute approximate surface area is 169 Å². The maximum absolute atomic E-state index is 12.8. The number of likely N-dealkylation sites (tertiary alicyclic amines) is 1. The zero-order valence-electron chi connectivity index (χ0n) is 15.6. The largest absolute Gasteiger partial charge is 0.486 e. The van der Waals surface area contributed by atoms with Crippen molar-refractivity contribution < 1.29 is 14.3 Å². The number of carbonyl (C=O) groups is 1. The van der Waals surface area contributed by atoms with Crippen LogP contribution in [-0.2, 0) is 4.74 Å². The van der Waals surface area contributed by atoms with Gasteiger partial charge >= 0.3 is 0 Å². The molecule has 0 aliphatic carbocycles. The summed E-state index contributed by atoms with van der Waals surface area (Å²) in [6.07, 6.45) is 7.08. The van der Waals surface area contributed by atoms with Crippen LogP contribution in [0.15, 0.2) is 42.7 Å². The van der Waals surface area contributed by atoms with Crippen molar-refractivity contribution in [2.45, 2.75) is 37.4 Å². The third-order valence-corrected chi connectivity index (χ3v) is 6.63. The summed E-state index contributed by atoms with van der Waals surface area (Å²) in [6, 6.07) is 9.43. The highest BCUT2D eigenvalue weighted by Gasteiger charge is 2.52. The molecule has 0 bridgehead atoms. The normalized spacial score (nSPS) is 25.5. The molecule has 4 heterocycles. The van der Waals surface area contributed by atoms with Crippen LogP contribution in [0.5, 0.6) is 5.75 Å². The van der Waals surface area contributed by atoms with Gasteiger partial charge in [0.2, 0.25) is 0 Å². The van der Waals surface area contributed by atoms with E-state index in [0.717, 1.165) is 43.6 Å². The molecule has 0 unspecified atom stereocenters. The summed E-state index contributed by atoms with van der Waals surface area (Å²) in [6.45, 7) is 2.13. The Balaban J connectivity index is 1.40. The zero-order valence-corrected chi connectivity index (χ0v) is 16.4. The molecule has 1 aromatic heterocycles. The van der Waals surface area contributed by atoms with Crippen LogP contribution in [0, 0.1) is 5.92 Å². The van der Waals surface area contributed by atoms with Gasteiger partial charge in [-0.15, -0.1) is 0 Å². The number of nitrogens with zero attached hydrogens (tertiary/aromatic N) is 2. The van der Waals surface area contributed by atoms with Crippen molar-refractivity contribution in [3.05, 3.63) is 58.9 Å². The number of fused-ring (bicyclic) bond motifs is 4. The predicted molar refractivity (Wildman–Crippen MR) is 106 cm³/mol. The summed E-state index contributed by atoms with van der Waals surface area (Å²) in [5.74, 6) is 1.21. The van der Waals surface area contributed by atoms with E-state index in [1.54, 1.807) is 18.5 Å². The van der Waals surface area contributed by atoms with E-state index in [9.17, 15) is 4.79 Å². The molecule has 146 valence electrons. The van der Waals surface area contributed by atoms with Crippen molar-refractivity contribution >= 4 is 17.5 Å². The van der Waals surface area contributed by atoms with Crippen LogP contribution in [0.25, 0.3) is 0 Å². The van der Waals surface area contributed by atoms with Gasteiger partial charge in [0.15, 0.2) is 0 Å². The van der Waals surface area contributed by atoms with Crippen LogP contribution >= 0.6 is 11.6 Å². The maximum Gasteiger partial charge on any atom is 0.255 e. The molecule has 0 N–H and O–H groups in total. The lowest BCUT2D eigenvalue weighted by Crippen LogP contribution is -2.57. The summed E-state index contributed by atoms with van der Waals surface area (Å²) < 4.78 is 12.8. The van der Waals surface area contributed by atoms with Crippen molar-refractivity contribution in [3.63, 3.8) is 0 Å². The number of benzene rings is 1. The third-order valence-electron chi connectivity index (χ3n) is 6.40. The van der Waals surface area contributed by atoms with E-state index in [4.69, 9.17) is 21.1 Å². The zero-order chi connectivity index (χ0) is 19.1. The average molecular weight is 399 g/mol. The van der Waals surface area contributed by atoms with E-state index in [1.165, 1.54) is 0 Å². The van der Waals surface area contributed by atoms with Gasteiger partial charge in [-0.25, -0.2) is 0 Å². The van der Waals surface area contributed by atoms with Crippen LogP contribution in [0.1, 0.15) is 47.7 Å². The van der Waals surface area contributed by atoms with E-state index in [0.29, 0.717) is 29.6 Å². The molecule has 0 radical (unpaired) electrons. The Bertz CT molecular complexity index is 881. The van der Waals surface area contributed by atoms with Crippen LogP contribution in [0.4, 0.5) is 0 Å². The Hall–Kier alpha value is -2.11. The molecular formula is C22H23ClN2O3. The summed E-state index contributed by atoms with van der Waals surface area (Å²) in [7, 11) is 0. The highest BCUT2D eigenvalue weighted by molar-refractivity contribution is 6.30. The Morgan fingerprint density at radius 3 is 2.89 bits per heavy atom. The molecule has 6 heteroatoms. The van der Waals surface area contributed by atoms with Gasteiger partial charge in [-0.3, -0.25) is 9.78 Å². The first-order chi connectivity index (χ1) is 13.7. The molecular weight excluding hydrogens is 376 g/mol. The summed E-state index contributed by atoms with van der Waals surface area (Å²) in [5, 5.41) is 0.711. The molecule has 28 heavy (non-hydrogen) atoms. The van der Waals surface area contributed by atoms with Gasteiger partial charge in [-0.05, 0) is 43.2 Å². The van der Waals surface area contributed by atoms with Crippen LogP contribution in [0.3, 0.4) is 0 Å². The number of halogens is 1. The molecule has 3 aliphatic heterocycles. The van der Waals surface area contributed by atoms with Crippen LogP contribution in [0.2, 0.25) is 5.02 Å². The smallest absolute Gasteiger partial charge is 0.255 e. The number of hydrogen-bond donors (Lipinski definition) is 0. The lowest BCUT2D eigenvalue weighted by atomic mass is 9.70. The molecule has 1 aromatic carbocycles. The van der Waals surface area contributed by atoms with E-state index in [2.05, 4.69) is 4.98 Å². The predicted octanol–water partition coefficient (Wildman–Crippen LogP) is 4.27. The molecule has 2 fully saturated rings. The quantitative estimate of drug-likeness (QED) is 0.719. The lowest BCUT2D eigenvalue weighted by Gasteiger charge is -2.53. The number of rotatable bonds is 1. The van der Waals surface area contributed by atoms with Gasteiger partial charge in [-0.1, -0.05) is 11.6 Å². The van der Waals surface area contributed by atoms with Gasteiger partial charge in [0.25, 0.3) is 5.91 Å². The fourth-order valence-electron chi connectivity index (χ4n) is 4.99. The molecule has 1 amide bonds. The minimum atomic E-state index is -0.280. The second kappa shape index (κ2) is 7.05. The van der Waals surface area contributed by atoms with E-state index >= 15 is 0 Å². The minimum absolute atomic E-state index is 0.0248. The third kappa shape index (κ3) is 2.97. The number of ether oxygens (including phenoxy) is 2. The van der Waals surface area contributed by atoms with Gasteiger partial charge in [-0.2, -0.15) is 0 Å². The molecule has 3 aliphatic rings. The Morgan fingerprint density at radius 1 is 1.25 bits per heavy atom. The minimum Gasteiger partial charge on any atom is -0.486 e. The summed E-state index contributed by atoms with van der Waals surface area (Å²) in [4.78, 5) is 18.8. The second-order valence-electron chi connectivity index (χ2n) is 7.92. The average Bonchev–Trinajstić information content (AvgIpc) is 2.75. The number of piperidine rings is 1. The van der Waals surface area contributed by atoms with Crippen molar-refractivity contribution in [3.8, 4) is 5.75 Å². The molecule has 1 spiro atoms. The molecule has 2 aromatic rings. The van der Waals surface area contributed by atoms with Gasteiger partial charge in [0.1, 0.15) is 11.4 Å². The van der Waals surface area contributed by atoms with Crippen molar-refractivity contribution in [1.29, 1.82) is 0 Å². The summed E-state index contributed by atoms with van der Waals surface area (Å²) in [5.41, 5.74) is 1.43. The molecule has 2 atom stereocenters. The molecule has 2 saturated heterocycles. The second-order valence-corrected chi connectivity index (χ2v) is 8.36. The van der Waals surface area contributed by atoms with Crippen molar-refractivity contribution in [2.75, 3.05) is 19.7 Å². The van der Waals surface area contributed by atoms with Crippen LogP contribution < -0.4 is 4.74 Å². The first-order valence-electron chi connectivity index (χ1n) is 9.96. The fraction of sp³-hybridized carbons (Fsp3) is 0.455. The van der Waals surface area contributed by atoms with Crippen molar-refractivity contribution in [1.82, 2.24) is 9.88 Å². The van der Waals surface area contributed by atoms with Gasteiger partial charge in [0.05, 0.1) is 11.7 Å². The van der Waals surface area contributed by atoms with Crippen molar-refractivity contribution in [2.24, 2.45) is 5.92 Å². The van der Waals surface area contributed by atoms with Gasteiger partial charge < -0.3 is 14.4 Å². The number of amides is 1. The monoisotopic (exact) mass is 398 g/mol. The Kier molecular flexibility index (Phi) is 4.52. The van der Waals surface area contributed by atoms with Crippen LogP contribution in [-0.4, -0.2) is 41.1 Å². The first-order valence-corrected chi connectivity index (χ1v) is 10.3. The molecule has 0 saturated carbocycles. The van der Waals surface area contributed by atoms with E-state index < -0.39 is 0 Å². The number of pyridine rings is 1. The fourth-order valence-corrected chi connectivity index (χ4v) is 5.17. The topological polar surface area (TPSA) is 51.7 Å². The SMILES string of the molecule is O=C(c1cccnc1)N1CCC2(CC1)Oc1ccc(Cl)cc1[C@H]1OCCC[C@@H]12.